The molecule has 2 heterocycles. The standard InChI is InChI=1S/C13H14N2O2S/c1-17-10-4-2-9(3-5-10)11-8-12(16)15-6-7-18-13(15)14-11/h2-5,11H,6-8H2,1H3. The fourth-order valence-corrected chi connectivity index (χ4v) is 3.22. The van der Waals surface area contributed by atoms with E-state index in [1.54, 1.807) is 23.8 Å². The summed E-state index contributed by atoms with van der Waals surface area (Å²) in [7, 11) is 1.65. The van der Waals surface area contributed by atoms with Crippen molar-refractivity contribution < 1.29 is 9.53 Å². The van der Waals surface area contributed by atoms with Gasteiger partial charge in [-0.1, -0.05) is 23.9 Å². The number of fused-ring (bicyclic) bond motifs is 1. The van der Waals surface area contributed by atoms with Crippen LogP contribution in [0.1, 0.15) is 18.0 Å². The third-order valence-corrected chi connectivity index (χ3v) is 4.18. The van der Waals surface area contributed by atoms with Gasteiger partial charge in [-0.25, -0.2) is 0 Å². The number of rotatable bonds is 2. The lowest BCUT2D eigenvalue weighted by atomic mass is 10.0. The van der Waals surface area contributed by atoms with Crippen molar-refractivity contribution in [1.29, 1.82) is 0 Å². The Hall–Kier alpha value is -1.49. The highest BCUT2D eigenvalue weighted by Gasteiger charge is 2.33. The maximum atomic E-state index is 12.0. The molecule has 1 aromatic carbocycles. The van der Waals surface area contributed by atoms with Crippen molar-refractivity contribution in [1.82, 2.24) is 4.90 Å². The molecule has 0 bridgehead atoms. The van der Waals surface area contributed by atoms with E-state index in [2.05, 4.69) is 4.99 Å². The summed E-state index contributed by atoms with van der Waals surface area (Å²) >= 11 is 1.67. The molecule has 5 heteroatoms. The number of thioether (sulfide) groups is 1. The molecule has 1 atom stereocenters. The van der Waals surface area contributed by atoms with Crippen LogP contribution in [0.4, 0.5) is 0 Å². The molecule has 1 fully saturated rings. The van der Waals surface area contributed by atoms with Crippen LogP contribution in [-0.2, 0) is 4.79 Å². The van der Waals surface area contributed by atoms with Crippen molar-refractivity contribution in [3.63, 3.8) is 0 Å². The Balaban J connectivity index is 1.88. The summed E-state index contributed by atoms with van der Waals surface area (Å²) in [5.41, 5.74) is 1.07. The van der Waals surface area contributed by atoms with Gasteiger partial charge in [0.1, 0.15) is 5.75 Å². The number of aliphatic imine (C=N–C) groups is 1. The molecule has 3 rings (SSSR count). The predicted octanol–water partition coefficient (Wildman–Crippen LogP) is 2.07. The van der Waals surface area contributed by atoms with Crippen molar-refractivity contribution in [2.75, 3.05) is 19.4 Å². The molecule has 2 aliphatic heterocycles. The van der Waals surface area contributed by atoms with Crippen molar-refractivity contribution in [2.45, 2.75) is 12.5 Å². The molecule has 1 unspecified atom stereocenters. The molecule has 1 aromatic rings. The number of benzene rings is 1. The zero-order chi connectivity index (χ0) is 12.5. The van der Waals surface area contributed by atoms with E-state index in [4.69, 9.17) is 4.74 Å². The van der Waals surface area contributed by atoms with E-state index in [-0.39, 0.29) is 11.9 Å². The van der Waals surface area contributed by atoms with Crippen LogP contribution >= 0.6 is 11.8 Å². The van der Waals surface area contributed by atoms with Gasteiger partial charge in [-0.3, -0.25) is 14.7 Å². The highest BCUT2D eigenvalue weighted by molar-refractivity contribution is 8.14. The average molecular weight is 262 g/mol. The van der Waals surface area contributed by atoms with E-state index in [0.29, 0.717) is 6.42 Å². The Morgan fingerprint density at radius 2 is 2.17 bits per heavy atom. The Kier molecular flexibility index (Phi) is 2.99. The number of nitrogens with zero attached hydrogens (tertiary/aromatic N) is 2. The Morgan fingerprint density at radius 1 is 1.39 bits per heavy atom. The van der Waals surface area contributed by atoms with Crippen LogP contribution in [-0.4, -0.2) is 35.4 Å². The molecule has 0 N–H and O–H groups in total. The molecule has 1 amide bonds. The molecular weight excluding hydrogens is 248 g/mol. The lowest BCUT2D eigenvalue weighted by Crippen LogP contribution is -2.36. The summed E-state index contributed by atoms with van der Waals surface area (Å²) in [6, 6.07) is 7.74. The number of methoxy groups -OCH3 is 1. The van der Waals surface area contributed by atoms with Crippen LogP contribution in [0, 0.1) is 0 Å². The molecule has 0 radical (unpaired) electrons. The molecule has 0 aliphatic carbocycles. The number of carbonyl (C=O) groups excluding carboxylic acids is 1. The monoisotopic (exact) mass is 262 g/mol. The van der Waals surface area contributed by atoms with Crippen LogP contribution in [0.3, 0.4) is 0 Å². The maximum Gasteiger partial charge on any atom is 0.231 e. The third kappa shape index (κ3) is 1.99. The van der Waals surface area contributed by atoms with Crippen molar-refractivity contribution in [2.24, 2.45) is 4.99 Å². The molecule has 2 aliphatic rings. The molecule has 94 valence electrons. The number of ether oxygens (including phenoxy) is 1. The molecule has 1 saturated heterocycles. The van der Waals surface area contributed by atoms with E-state index >= 15 is 0 Å². The second-order valence-corrected chi connectivity index (χ2v) is 5.36. The van der Waals surface area contributed by atoms with Crippen LogP contribution in [0.2, 0.25) is 0 Å². The number of amidine groups is 1. The Bertz CT molecular complexity index is 498. The van der Waals surface area contributed by atoms with Crippen molar-refractivity contribution in [3.05, 3.63) is 29.8 Å². The minimum Gasteiger partial charge on any atom is -0.497 e. The Morgan fingerprint density at radius 3 is 2.89 bits per heavy atom. The number of hydrogen-bond donors (Lipinski definition) is 0. The highest BCUT2D eigenvalue weighted by atomic mass is 32.2. The normalized spacial score (nSPS) is 22.7. The van der Waals surface area contributed by atoms with Gasteiger partial charge in [0, 0.05) is 12.3 Å². The summed E-state index contributed by atoms with van der Waals surface area (Å²) in [6.07, 6.45) is 0.469. The topological polar surface area (TPSA) is 41.9 Å². The second-order valence-electron chi connectivity index (χ2n) is 4.30. The second kappa shape index (κ2) is 4.65. The zero-order valence-corrected chi connectivity index (χ0v) is 10.9. The molecule has 18 heavy (non-hydrogen) atoms. The minimum atomic E-state index is -0.0414. The fraction of sp³-hybridized carbons (Fsp3) is 0.385. The molecule has 0 spiro atoms. The fourth-order valence-electron chi connectivity index (χ4n) is 2.21. The SMILES string of the molecule is COc1ccc(C2CC(=O)N3CCSC3=N2)cc1. The average Bonchev–Trinajstić information content (AvgIpc) is 2.88. The Labute approximate surface area is 110 Å². The molecule has 0 saturated carbocycles. The van der Waals surface area contributed by atoms with Gasteiger partial charge < -0.3 is 4.74 Å². The van der Waals surface area contributed by atoms with Gasteiger partial charge in [0.15, 0.2) is 5.17 Å². The predicted molar refractivity (Wildman–Crippen MR) is 72.0 cm³/mol. The van der Waals surface area contributed by atoms with E-state index in [1.165, 1.54) is 0 Å². The van der Waals surface area contributed by atoms with E-state index in [9.17, 15) is 4.79 Å². The van der Waals surface area contributed by atoms with Gasteiger partial charge >= 0.3 is 0 Å². The summed E-state index contributed by atoms with van der Waals surface area (Å²) in [5.74, 6) is 1.97. The first-order chi connectivity index (χ1) is 8.78. The lowest BCUT2D eigenvalue weighted by molar-refractivity contribution is -0.127. The first kappa shape index (κ1) is 11.6. The van der Waals surface area contributed by atoms with Gasteiger partial charge in [-0.2, -0.15) is 0 Å². The molecule has 0 aromatic heterocycles. The van der Waals surface area contributed by atoms with Crippen LogP contribution in [0.5, 0.6) is 5.75 Å². The van der Waals surface area contributed by atoms with E-state index in [0.717, 1.165) is 28.8 Å². The van der Waals surface area contributed by atoms with Gasteiger partial charge in [-0.05, 0) is 17.7 Å². The van der Waals surface area contributed by atoms with Gasteiger partial charge in [-0.15, -0.1) is 0 Å². The van der Waals surface area contributed by atoms with Gasteiger partial charge in [0.25, 0.3) is 0 Å². The molecular formula is C13H14N2O2S. The van der Waals surface area contributed by atoms with E-state index < -0.39 is 0 Å². The quantitative estimate of drug-likeness (QED) is 0.819. The first-order valence-corrected chi connectivity index (χ1v) is 6.91. The molecule has 4 nitrogen and oxygen atoms in total. The number of carbonyl (C=O) groups is 1. The van der Waals surface area contributed by atoms with Crippen LogP contribution < -0.4 is 4.74 Å². The zero-order valence-electron chi connectivity index (χ0n) is 10.1. The minimum absolute atomic E-state index is 0.0414. The largest absolute Gasteiger partial charge is 0.497 e. The van der Waals surface area contributed by atoms with Gasteiger partial charge in [0.05, 0.1) is 19.6 Å². The third-order valence-electron chi connectivity index (χ3n) is 3.21. The maximum absolute atomic E-state index is 12.0. The summed E-state index contributed by atoms with van der Waals surface area (Å²) < 4.78 is 5.13. The summed E-state index contributed by atoms with van der Waals surface area (Å²) in [4.78, 5) is 18.4. The van der Waals surface area contributed by atoms with E-state index in [1.807, 2.05) is 24.3 Å². The van der Waals surface area contributed by atoms with Crippen LogP contribution in [0.15, 0.2) is 29.3 Å². The highest BCUT2D eigenvalue weighted by Crippen LogP contribution is 2.32. The number of amides is 1. The van der Waals surface area contributed by atoms with Gasteiger partial charge in [0.2, 0.25) is 5.91 Å². The van der Waals surface area contributed by atoms with Crippen molar-refractivity contribution in [3.8, 4) is 5.75 Å². The first-order valence-electron chi connectivity index (χ1n) is 5.93. The lowest BCUT2D eigenvalue weighted by Gasteiger charge is -2.25. The smallest absolute Gasteiger partial charge is 0.231 e. The summed E-state index contributed by atoms with van der Waals surface area (Å²) in [6.45, 7) is 0.803. The summed E-state index contributed by atoms with van der Waals surface area (Å²) in [5, 5.41) is 0.882. The van der Waals surface area contributed by atoms with Crippen LogP contribution in [0.25, 0.3) is 0 Å². The number of hydrogen-bond acceptors (Lipinski definition) is 4. The van der Waals surface area contributed by atoms with Crippen molar-refractivity contribution >= 4 is 22.8 Å².